The van der Waals surface area contributed by atoms with E-state index < -0.39 is 10.0 Å². The van der Waals surface area contributed by atoms with E-state index in [-0.39, 0.29) is 40.9 Å². The van der Waals surface area contributed by atoms with Crippen LogP contribution in [0.3, 0.4) is 0 Å². The van der Waals surface area contributed by atoms with Crippen LogP contribution in [0.1, 0.15) is 63.5 Å². The molecule has 3 heterocycles. The van der Waals surface area contributed by atoms with Crippen LogP contribution in [0.25, 0.3) is 0 Å². The summed E-state index contributed by atoms with van der Waals surface area (Å²) in [7, 11) is -3.51. The summed E-state index contributed by atoms with van der Waals surface area (Å²) in [6.45, 7) is 3.53. The Morgan fingerprint density at radius 1 is 1.13 bits per heavy atom. The van der Waals surface area contributed by atoms with Gasteiger partial charge in [-0.3, -0.25) is 9.52 Å². The van der Waals surface area contributed by atoms with Crippen molar-refractivity contribution in [2.45, 2.75) is 70.4 Å². The number of hydrogen-bond acceptors (Lipinski definition) is 4. The fourth-order valence-electron chi connectivity index (χ4n) is 5.19. The molecule has 9 heteroatoms. The molecule has 1 aliphatic carbocycles. The van der Waals surface area contributed by atoms with E-state index in [0.717, 1.165) is 25.0 Å². The summed E-state index contributed by atoms with van der Waals surface area (Å²) < 4.78 is 28.3. The lowest BCUT2D eigenvalue weighted by atomic mass is 9.83. The number of sulfonamides is 1. The molecule has 2 fully saturated rings. The molecule has 2 N–H and O–H groups in total. The molecule has 0 unspecified atom stereocenters. The van der Waals surface area contributed by atoms with Crippen LogP contribution in [0.4, 0.5) is 10.5 Å². The van der Waals surface area contributed by atoms with E-state index in [1.54, 1.807) is 17.6 Å². The minimum absolute atomic E-state index is 0.00942. The average molecular weight is 437 g/mol. The largest absolute Gasteiger partial charge is 0.335 e. The van der Waals surface area contributed by atoms with E-state index in [1.165, 1.54) is 19.3 Å². The van der Waals surface area contributed by atoms with Gasteiger partial charge in [-0.05, 0) is 43.7 Å². The third kappa shape index (κ3) is 4.50. The molecule has 2 amide bonds. The number of aromatic nitrogens is 1. The van der Waals surface area contributed by atoms with Gasteiger partial charge in [0.15, 0.2) is 0 Å². The summed E-state index contributed by atoms with van der Waals surface area (Å²) in [4.78, 5) is 27.7. The van der Waals surface area contributed by atoms with Gasteiger partial charge < -0.3 is 14.8 Å². The van der Waals surface area contributed by atoms with Crippen LogP contribution in [0.2, 0.25) is 0 Å². The lowest BCUT2D eigenvalue weighted by molar-refractivity contribution is 0.127. The number of likely N-dealkylation sites (tertiary alicyclic amines) is 1. The molecule has 1 aromatic rings. The van der Waals surface area contributed by atoms with Gasteiger partial charge in [-0.1, -0.05) is 26.2 Å². The van der Waals surface area contributed by atoms with Crippen molar-refractivity contribution in [2.75, 3.05) is 23.6 Å². The monoisotopic (exact) mass is 436 g/mol. The molecule has 166 valence electrons. The van der Waals surface area contributed by atoms with Crippen LogP contribution in [0.15, 0.2) is 16.9 Å². The number of hydrogen-bond donors (Lipinski definition) is 2. The summed E-state index contributed by atoms with van der Waals surface area (Å²) in [5.41, 5.74) is 0.714. The first-order valence-electron chi connectivity index (χ1n) is 11.2. The van der Waals surface area contributed by atoms with E-state index in [4.69, 9.17) is 0 Å². The number of nitrogens with one attached hydrogen (secondary N) is 2. The quantitative estimate of drug-likeness (QED) is 0.740. The minimum atomic E-state index is -3.51. The van der Waals surface area contributed by atoms with Crippen LogP contribution < -0.4 is 15.6 Å². The number of fused-ring (bicyclic) bond motifs is 4. The number of carbonyl (C=O) groups excluding carboxylic acids is 1. The van der Waals surface area contributed by atoms with Gasteiger partial charge in [0.05, 0.1) is 5.75 Å². The number of pyridine rings is 1. The number of anilines is 1. The van der Waals surface area contributed by atoms with Crippen molar-refractivity contribution >= 4 is 21.7 Å². The van der Waals surface area contributed by atoms with E-state index in [0.29, 0.717) is 26.1 Å². The van der Waals surface area contributed by atoms with Crippen molar-refractivity contribution in [2.24, 2.45) is 5.92 Å². The molecule has 8 nitrogen and oxygen atoms in total. The Morgan fingerprint density at radius 2 is 1.90 bits per heavy atom. The molecule has 2 aliphatic heterocycles. The Kier molecular flexibility index (Phi) is 6.09. The minimum Gasteiger partial charge on any atom is -0.335 e. The second kappa shape index (κ2) is 8.61. The highest BCUT2D eigenvalue weighted by Gasteiger charge is 2.37. The highest BCUT2D eigenvalue weighted by atomic mass is 32.2. The summed E-state index contributed by atoms with van der Waals surface area (Å²) in [6.07, 6.45) is 7.16. The van der Waals surface area contributed by atoms with Crippen molar-refractivity contribution in [1.29, 1.82) is 0 Å². The molecule has 0 aromatic carbocycles. The Balaban J connectivity index is 1.49. The van der Waals surface area contributed by atoms with Gasteiger partial charge in [-0.2, -0.15) is 0 Å². The predicted octanol–water partition coefficient (Wildman–Crippen LogP) is 2.46. The first-order chi connectivity index (χ1) is 14.4. The van der Waals surface area contributed by atoms with Gasteiger partial charge in [0.25, 0.3) is 5.56 Å². The van der Waals surface area contributed by atoms with Gasteiger partial charge in [0, 0.05) is 37.3 Å². The number of piperidine rings is 1. The van der Waals surface area contributed by atoms with Crippen molar-refractivity contribution in [3.8, 4) is 0 Å². The van der Waals surface area contributed by atoms with Crippen LogP contribution >= 0.6 is 0 Å². The van der Waals surface area contributed by atoms with Crippen LogP contribution in [0, 0.1) is 5.92 Å². The highest BCUT2D eigenvalue weighted by molar-refractivity contribution is 7.92. The van der Waals surface area contributed by atoms with Gasteiger partial charge in [-0.15, -0.1) is 0 Å². The second-order valence-corrected chi connectivity index (χ2v) is 10.8. The summed E-state index contributed by atoms with van der Waals surface area (Å²) in [5, 5.41) is 3.20. The number of carbonyl (C=O) groups is 1. The third-order valence-electron chi connectivity index (χ3n) is 6.56. The SMILES string of the molecule is CCCS(=O)(=O)Nc1ccc2n(c1=O)C[C@H]1C[C@@H]2CN(C(=O)NC2CCCCC2)C1. The van der Waals surface area contributed by atoms with E-state index in [9.17, 15) is 18.0 Å². The highest BCUT2D eigenvalue weighted by Crippen LogP contribution is 2.35. The standard InChI is InChI=1S/C21H32N4O4S/c1-2-10-30(28,29)23-18-8-9-19-16-11-15(13-25(19)20(18)26)12-24(14-16)21(27)22-17-6-4-3-5-7-17/h8-9,15-17,23H,2-7,10-14H2,1H3,(H,22,27)/t15-,16+/m0/s1. The fraction of sp³-hybridized carbons (Fsp3) is 0.714. The predicted molar refractivity (Wildman–Crippen MR) is 116 cm³/mol. The summed E-state index contributed by atoms with van der Waals surface area (Å²) in [6, 6.07) is 3.70. The molecule has 2 atom stereocenters. The zero-order valence-corrected chi connectivity index (χ0v) is 18.4. The Morgan fingerprint density at radius 3 is 2.63 bits per heavy atom. The van der Waals surface area contributed by atoms with Crippen molar-refractivity contribution in [1.82, 2.24) is 14.8 Å². The van der Waals surface area contributed by atoms with E-state index in [1.807, 2.05) is 11.0 Å². The Bertz CT molecular complexity index is 952. The lowest BCUT2D eigenvalue weighted by Gasteiger charge is -2.43. The molecule has 1 saturated carbocycles. The molecular formula is C21H32N4O4S. The number of amides is 2. The molecule has 0 spiro atoms. The third-order valence-corrected chi connectivity index (χ3v) is 8.04. The lowest BCUT2D eigenvalue weighted by Crippen LogP contribution is -2.53. The maximum Gasteiger partial charge on any atom is 0.317 e. The first-order valence-corrected chi connectivity index (χ1v) is 12.8. The second-order valence-electron chi connectivity index (χ2n) is 9.00. The normalized spacial score (nSPS) is 24.2. The van der Waals surface area contributed by atoms with Crippen LogP contribution in [-0.2, 0) is 16.6 Å². The zero-order chi connectivity index (χ0) is 21.3. The molecule has 0 radical (unpaired) electrons. The van der Waals surface area contributed by atoms with Crippen LogP contribution in [-0.4, -0.2) is 48.8 Å². The zero-order valence-electron chi connectivity index (χ0n) is 17.6. The number of urea groups is 1. The molecule has 1 saturated heterocycles. The van der Waals surface area contributed by atoms with Crippen molar-refractivity contribution in [3.63, 3.8) is 0 Å². The smallest absolute Gasteiger partial charge is 0.317 e. The Labute approximate surface area is 178 Å². The van der Waals surface area contributed by atoms with Gasteiger partial charge in [0.1, 0.15) is 5.69 Å². The maximum absolute atomic E-state index is 12.9. The molecule has 1 aromatic heterocycles. The molecule has 30 heavy (non-hydrogen) atoms. The van der Waals surface area contributed by atoms with Crippen molar-refractivity contribution in [3.05, 3.63) is 28.2 Å². The molecule has 2 bridgehead atoms. The first kappa shape index (κ1) is 21.2. The van der Waals surface area contributed by atoms with Gasteiger partial charge >= 0.3 is 6.03 Å². The fourth-order valence-corrected chi connectivity index (χ4v) is 6.32. The number of rotatable bonds is 5. The topological polar surface area (TPSA) is 101 Å². The number of nitrogens with zero attached hydrogens (tertiary/aromatic N) is 2. The average Bonchev–Trinajstić information content (AvgIpc) is 2.71. The molecule has 3 aliphatic rings. The molecular weight excluding hydrogens is 404 g/mol. The maximum atomic E-state index is 12.9. The van der Waals surface area contributed by atoms with Gasteiger partial charge in [0.2, 0.25) is 10.0 Å². The van der Waals surface area contributed by atoms with E-state index >= 15 is 0 Å². The van der Waals surface area contributed by atoms with E-state index in [2.05, 4.69) is 10.0 Å². The Hall–Kier alpha value is -2.03. The van der Waals surface area contributed by atoms with Gasteiger partial charge in [-0.25, -0.2) is 13.2 Å². The van der Waals surface area contributed by atoms with Crippen molar-refractivity contribution < 1.29 is 13.2 Å². The summed E-state index contributed by atoms with van der Waals surface area (Å²) >= 11 is 0. The summed E-state index contributed by atoms with van der Waals surface area (Å²) in [5.74, 6) is 0.294. The molecule has 4 rings (SSSR count). The van der Waals surface area contributed by atoms with Crippen LogP contribution in [0.5, 0.6) is 0 Å².